The zero-order valence-electron chi connectivity index (χ0n) is 16.5. The molecule has 0 aromatic carbocycles. The van der Waals surface area contributed by atoms with E-state index in [2.05, 4.69) is 42.6 Å². The summed E-state index contributed by atoms with van der Waals surface area (Å²) in [6.07, 6.45) is 9.81. The van der Waals surface area contributed by atoms with Crippen molar-refractivity contribution in [1.82, 2.24) is 20.6 Å². The highest BCUT2D eigenvalue weighted by Gasteiger charge is 2.10. The smallest absolute Gasteiger partial charge is 0.191 e. The zero-order valence-corrected chi connectivity index (χ0v) is 17.3. The summed E-state index contributed by atoms with van der Waals surface area (Å²) in [4.78, 5) is 15.4. The van der Waals surface area contributed by atoms with Crippen LogP contribution in [0, 0.1) is 0 Å². The Bertz CT molecular complexity index is 736. The second-order valence-corrected chi connectivity index (χ2v) is 7.40. The summed E-state index contributed by atoms with van der Waals surface area (Å²) in [6.45, 7) is 3.69. The number of halogens is 1. The molecule has 1 fully saturated rings. The van der Waals surface area contributed by atoms with Crippen LogP contribution in [0.5, 0.6) is 0 Å². The monoisotopic (exact) mass is 400 g/mol. The first-order valence-electron chi connectivity index (χ1n) is 9.99. The topological polar surface area (TPSA) is 65.4 Å². The van der Waals surface area contributed by atoms with Crippen LogP contribution in [0.15, 0.2) is 41.7 Å². The maximum absolute atomic E-state index is 5.82. The zero-order chi connectivity index (χ0) is 19.6. The number of pyridine rings is 2. The van der Waals surface area contributed by atoms with E-state index in [1.807, 2.05) is 18.3 Å². The van der Waals surface area contributed by atoms with Gasteiger partial charge in [0.15, 0.2) is 5.96 Å². The number of aliphatic imine (C=N–C) groups is 1. The Hall–Kier alpha value is -2.34. The van der Waals surface area contributed by atoms with Gasteiger partial charge in [-0.2, -0.15) is 0 Å². The highest BCUT2D eigenvalue weighted by atomic mass is 35.5. The molecule has 2 aromatic heterocycles. The number of guanidine groups is 1. The van der Waals surface area contributed by atoms with Crippen molar-refractivity contribution in [1.29, 1.82) is 0 Å². The van der Waals surface area contributed by atoms with E-state index in [1.54, 1.807) is 13.2 Å². The van der Waals surface area contributed by atoms with Gasteiger partial charge in [-0.3, -0.25) is 4.99 Å². The van der Waals surface area contributed by atoms with Crippen molar-refractivity contribution in [2.45, 2.75) is 38.6 Å². The summed E-state index contributed by atoms with van der Waals surface area (Å²) in [5, 5.41) is 7.18. The number of aromatic nitrogens is 2. The molecule has 0 saturated carbocycles. The normalized spacial score (nSPS) is 15.2. The van der Waals surface area contributed by atoms with Gasteiger partial charge in [-0.1, -0.05) is 36.6 Å². The molecule has 0 atom stereocenters. The first-order valence-corrected chi connectivity index (χ1v) is 10.4. The second-order valence-electron chi connectivity index (χ2n) is 7.02. The van der Waals surface area contributed by atoms with Crippen LogP contribution in [0.2, 0.25) is 5.15 Å². The summed E-state index contributed by atoms with van der Waals surface area (Å²) in [5.41, 5.74) is 2.28. The van der Waals surface area contributed by atoms with Crippen LogP contribution >= 0.6 is 11.6 Å². The van der Waals surface area contributed by atoms with Crippen molar-refractivity contribution in [2.75, 3.05) is 31.6 Å². The van der Waals surface area contributed by atoms with E-state index in [0.29, 0.717) is 11.7 Å². The van der Waals surface area contributed by atoms with Crippen LogP contribution < -0.4 is 15.5 Å². The molecule has 1 aliphatic heterocycles. The number of nitrogens with zero attached hydrogens (tertiary/aromatic N) is 4. The fraction of sp³-hybridized carbons (Fsp3) is 0.476. The molecule has 2 N–H and O–H groups in total. The maximum atomic E-state index is 5.82. The first kappa shape index (κ1) is 20.4. The molecule has 0 bridgehead atoms. The largest absolute Gasteiger partial charge is 0.357 e. The Morgan fingerprint density at radius 1 is 1.00 bits per heavy atom. The summed E-state index contributed by atoms with van der Waals surface area (Å²) in [5.74, 6) is 1.86. The molecule has 150 valence electrons. The molecule has 1 saturated heterocycles. The minimum atomic E-state index is 0.518. The van der Waals surface area contributed by atoms with Gasteiger partial charge in [0.1, 0.15) is 11.0 Å². The highest BCUT2D eigenvalue weighted by molar-refractivity contribution is 6.29. The van der Waals surface area contributed by atoms with E-state index in [9.17, 15) is 0 Å². The highest BCUT2D eigenvalue weighted by Crippen LogP contribution is 2.17. The molecule has 0 unspecified atom stereocenters. The van der Waals surface area contributed by atoms with E-state index >= 15 is 0 Å². The van der Waals surface area contributed by atoms with E-state index < -0.39 is 0 Å². The Kier molecular flexibility index (Phi) is 7.91. The summed E-state index contributed by atoms with van der Waals surface area (Å²) in [6, 6.07) is 8.08. The number of hydrogen-bond acceptors (Lipinski definition) is 4. The van der Waals surface area contributed by atoms with Gasteiger partial charge in [-0.05, 0) is 42.5 Å². The fourth-order valence-corrected chi connectivity index (χ4v) is 3.41. The number of hydrogen-bond donors (Lipinski definition) is 2. The van der Waals surface area contributed by atoms with E-state index in [4.69, 9.17) is 11.6 Å². The molecule has 1 aliphatic rings. The molecule has 7 heteroatoms. The Morgan fingerprint density at radius 3 is 2.39 bits per heavy atom. The van der Waals surface area contributed by atoms with Crippen LogP contribution in [0.1, 0.15) is 36.8 Å². The molecule has 0 spiro atoms. The summed E-state index contributed by atoms with van der Waals surface area (Å²) < 4.78 is 0. The molecular formula is C21H29ClN6. The van der Waals surface area contributed by atoms with Crippen molar-refractivity contribution in [3.05, 3.63) is 52.9 Å². The van der Waals surface area contributed by atoms with Crippen LogP contribution in [0.3, 0.4) is 0 Å². The second kappa shape index (κ2) is 10.9. The van der Waals surface area contributed by atoms with Gasteiger partial charge < -0.3 is 15.5 Å². The third-order valence-electron chi connectivity index (χ3n) is 4.92. The number of nitrogens with one attached hydrogen (secondary N) is 2. The van der Waals surface area contributed by atoms with Gasteiger partial charge in [-0.25, -0.2) is 9.97 Å². The van der Waals surface area contributed by atoms with Crippen molar-refractivity contribution in [2.24, 2.45) is 4.99 Å². The van der Waals surface area contributed by atoms with Crippen molar-refractivity contribution in [3.63, 3.8) is 0 Å². The average molecular weight is 401 g/mol. The van der Waals surface area contributed by atoms with Gasteiger partial charge in [0.05, 0.1) is 0 Å². The van der Waals surface area contributed by atoms with E-state index in [0.717, 1.165) is 49.0 Å². The quantitative estimate of drug-likeness (QED) is 0.442. The third-order valence-corrected chi connectivity index (χ3v) is 5.14. The average Bonchev–Trinajstić information content (AvgIpc) is 3.02. The molecule has 3 heterocycles. The lowest BCUT2D eigenvalue weighted by atomic mass is 10.2. The maximum Gasteiger partial charge on any atom is 0.191 e. The minimum Gasteiger partial charge on any atom is -0.357 e. The number of rotatable bonds is 6. The van der Waals surface area contributed by atoms with Gasteiger partial charge in [0, 0.05) is 45.6 Å². The van der Waals surface area contributed by atoms with Gasteiger partial charge in [0.2, 0.25) is 0 Å². The molecule has 3 rings (SSSR count). The molecule has 6 nitrogen and oxygen atoms in total. The standard InChI is InChI=1S/C21H29ClN6/c1-23-21(24-11-10-17-6-8-19(22)25-14-17)27-16-18-7-9-20(26-15-18)28-12-4-2-3-5-13-28/h6-9,14-15H,2-5,10-13,16H2,1H3,(H2,23,24,27). The third kappa shape index (κ3) is 6.37. The summed E-state index contributed by atoms with van der Waals surface area (Å²) >= 11 is 5.82. The molecule has 28 heavy (non-hydrogen) atoms. The Balaban J connectivity index is 1.43. The fourth-order valence-electron chi connectivity index (χ4n) is 3.29. The minimum absolute atomic E-state index is 0.518. The van der Waals surface area contributed by atoms with Crippen LogP contribution in [0.25, 0.3) is 0 Å². The lowest BCUT2D eigenvalue weighted by Crippen LogP contribution is -2.37. The Labute approximate surface area is 172 Å². The van der Waals surface area contributed by atoms with Gasteiger partial charge >= 0.3 is 0 Å². The van der Waals surface area contributed by atoms with Crippen LogP contribution in [-0.4, -0.2) is 42.6 Å². The van der Waals surface area contributed by atoms with E-state index in [-0.39, 0.29) is 0 Å². The van der Waals surface area contributed by atoms with Crippen molar-refractivity contribution >= 4 is 23.4 Å². The van der Waals surface area contributed by atoms with Crippen molar-refractivity contribution < 1.29 is 0 Å². The van der Waals surface area contributed by atoms with E-state index in [1.165, 1.54) is 25.7 Å². The van der Waals surface area contributed by atoms with Crippen molar-refractivity contribution in [3.8, 4) is 0 Å². The molecule has 2 aromatic rings. The van der Waals surface area contributed by atoms with Gasteiger partial charge in [0.25, 0.3) is 0 Å². The lowest BCUT2D eigenvalue weighted by Gasteiger charge is -2.21. The molecule has 0 amide bonds. The number of anilines is 1. The van der Waals surface area contributed by atoms with Crippen LogP contribution in [-0.2, 0) is 13.0 Å². The Morgan fingerprint density at radius 2 is 1.75 bits per heavy atom. The first-order chi connectivity index (χ1) is 13.7. The molecule has 0 aliphatic carbocycles. The van der Waals surface area contributed by atoms with Gasteiger partial charge in [-0.15, -0.1) is 0 Å². The predicted molar refractivity (Wildman–Crippen MR) is 116 cm³/mol. The predicted octanol–water partition coefficient (Wildman–Crippen LogP) is 3.42. The lowest BCUT2D eigenvalue weighted by molar-refractivity contribution is 0.726. The summed E-state index contributed by atoms with van der Waals surface area (Å²) in [7, 11) is 1.78. The molecule has 0 radical (unpaired) electrons. The SMILES string of the molecule is CN=C(NCCc1ccc(Cl)nc1)NCc1ccc(N2CCCCCC2)nc1. The van der Waals surface area contributed by atoms with Crippen LogP contribution in [0.4, 0.5) is 5.82 Å². The molecular weight excluding hydrogens is 372 g/mol.